The lowest BCUT2D eigenvalue weighted by Crippen LogP contribution is -2.04. The number of rotatable bonds is 3. The first-order chi connectivity index (χ1) is 11.4. The lowest BCUT2D eigenvalue weighted by Gasteiger charge is -2.05. The van der Waals surface area contributed by atoms with Crippen molar-refractivity contribution < 1.29 is 18.7 Å². The predicted octanol–water partition coefficient (Wildman–Crippen LogP) is 4.33. The lowest BCUT2D eigenvalue weighted by atomic mass is 10.0. The highest BCUT2D eigenvalue weighted by molar-refractivity contribution is 9.10. The summed E-state index contributed by atoms with van der Waals surface area (Å²) >= 11 is 3.48. The van der Waals surface area contributed by atoms with Crippen molar-refractivity contribution in [1.29, 1.82) is 0 Å². The van der Waals surface area contributed by atoms with Crippen molar-refractivity contribution in [2.24, 2.45) is 0 Å². The van der Waals surface area contributed by atoms with Crippen LogP contribution in [0.25, 0.3) is 11.6 Å². The maximum absolute atomic E-state index is 12.3. The van der Waals surface area contributed by atoms with E-state index < -0.39 is 5.97 Å². The second kappa shape index (κ2) is 6.28. The zero-order valence-corrected chi connectivity index (χ0v) is 15.1. The van der Waals surface area contributed by atoms with E-state index in [9.17, 15) is 9.59 Å². The maximum Gasteiger partial charge on any atom is 0.341 e. The van der Waals surface area contributed by atoms with Gasteiger partial charge in [0.1, 0.15) is 17.1 Å². The number of benzene rings is 1. The molecule has 0 atom stereocenters. The zero-order chi connectivity index (χ0) is 17.4. The third-order valence-corrected chi connectivity index (χ3v) is 4.74. The van der Waals surface area contributed by atoms with Crippen molar-refractivity contribution in [1.82, 2.24) is 0 Å². The first-order valence-electron chi connectivity index (χ1n) is 7.52. The summed E-state index contributed by atoms with van der Waals surface area (Å²) in [5.74, 6) is 0.273. The first-order valence-corrected chi connectivity index (χ1v) is 8.31. The van der Waals surface area contributed by atoms with Crippen LogP contribution < -0.4 is 5.32 Å². The van der Waals surface area contributed by atoms with Gasteiger partial charge in [-0.2, -0.15) is 0 Å². The van der Waals surface area contributed by atoms with Crippen LogP contribution in [0.1, 0.15) is 39.9 Å². The maximum atomic E-state index is 12.3. The Kier molecular flexibility index (Phi) is 4.32. The number of halogens is 1. The molecule has 1 aromatic carbocycles. The summed E-state index contributed by atoms with van der Waals surface area (Å²) in [4.78, 5) is 24.2. The van der Waals surface area contributed by atoms with E-state index in [1.54, 1.807) is 26.0 Å². The SMILES string of the molecule is CCOC(=O)c1cc(C=C2C(=O)Nc3ccc(Br)c(C)c32)oc1C. The van der Waals surface area contributed by atoms with Crippen molar-refractivity contribution in [3.63, 3.8) is 0 Å². The Hall–Kier alpha value is -2.34. The van der Waals surface area contributed by atoms with Gasteiger partial charge in [-0.1, -0.05) is 15.9 Å². The second-order valence-corrected chi connectivity index (χ2v) is 6.30. The molecule has 1 aliphatic heterocycles. The molecule has 0 spiro atoms. The molecule has 5 nitrogen and oxygen atoms in total. The van der Waals surface area contributed by atoms with E-state index in [0.717, 1.165) is 21.3 Å². The van der Waals surface area contributed by atoms with Crippen LogP contribution >= 0.6 is 15.9 Å². The number of anilines is 1. The summed E-state index contributed by atoms with van der Waals surface area (Å²) in [6.07, 6.45) is 1.65. The van der Waals surface area contributed by atoms with Gasteiger partial charge in [0.05, 0.1) is 12.2 Å². The van der Waals surface area contributed by atoms with E-state index in [4.69, 9.17) is 9.15 Å². The number of ether oxygens (including phenoxy) is 1. The summed E-state index contributed by atoms with van der Waals surface area (Å²) in [5.41, 5.74) is 3.44. The van der Waals surface area contributed by atoms with E-state index in [0.29, 0.717) is 29.3 Å². The van der Waals surface area contributed by atoms with Gasteiger partial charge in [0.2, 0.25) is 0 Å². The molecule has 0 aliphatic carbocycles. The van der Waals surface area contributed by atoms with E-state index >= 15 is 0 Å². The Bertz CT molecular complexity index is 879. The predicted molar refractivity (Wildman–Crippen MR) is 94.8 cm³/mol. The van der Waals surface area contributed by atoms with Gasteiger partial charge in [0, 0.05) is 15.7 Å². The fraction of sp³-hybridized carbons (Fsp3) is 0.222. The van der Waals surface area contributed by atoms with Gasteiger partial charge >= 0.3 is 5.97 Å². The third-order valence-electron chi connectivity index (χ3n) is 3.88. The van der Waals surface area contributed by atoms with Crippen LogP contribution in [0.2, 0.25) is 0 Å². The standard InChI is InChI=1S/C18H16BrNO4/c1-4-23-18(22)12-7-11(24-10(12)3)8-13-16-9(2)14(19)5-6-15(16)20-17(13)21/h5-8H,4H2,1-3H3,(H,20,21). The summed E-state index contributed by atoms with van der Waals surface area (Å²) in [5, 5.41) is 2.84. The minimum Gasteiger partial charge on any atom is -0.462 e. The highest BCUT2D eigenvalue weighted by atomic mass is 79.9. The van der Waals surface area contributed by atoms with Gasteiger partial charge in [-0.05, 0) is 50.6 Å². The van der Waals surface area contributed by atoms with Crippen LogP contribution in [0.15, 0.2) is 27.1 Å². The van der Waals surface area contributed by atoms with Crippen molar-refractivity contribution in [2.75, 3.05) is 11.9 Å². The Balaban J connectivity index is 2.05. The Morgan fingerprint density at radius 2 is 2.12 bits per heavy atom. The third kappa shape index (κ3) is 2.78. The van der Waals surface area contributed by atoms with E-state index in [1.807, 2.05) is 19.1 Å². The van der Waals surface area contributed by atoms with Crippen molar-refractivity contribution in [2.45, 2.75) is 20.8 Å². The van der Waals surface area contributed by atoms with E-state index in [2.05, 4.69) is 21.2 Å². The minimum atomic E-state index is -0.432. The molecule has 1 aliphatic rings. The minimum absolute atomic E-state index is 0.196. The lowest BCUT2D eigenvalue weighted by molar-refractivity contribution is -0.110. The highest BCUT2D eigenvalue weighted by Gasteiger charge is 2.27. The Morgan fingerprint density at radius 3 is 2.83 bits per heavy atom. The molecule has 1 amide bonds. The van der Waals surface area contributed by atoms with Gasteiger partial charge in [0.25, 0.3) is 5.91 Å². The zero-order valence-electron chi connectivity index (χ0n) is 13.5. The van der Waals surface area contributed by atoms with Crippen LogP contribution in [-0.2, 0) is 9.53 Å². The molecule has 6 heteroatoms. The Morgan fingerprint density at radius 1 is 1.38 bits per heavy atom. The summed E-state index contributed by atoms with van der Waals surface area (Å²) in [7, 11) is 0. The molecular formula is C18H16BrNO4. The number of hydrogen-bond acceptors (Lipinski definition) is 4. The highest BCUT2D eigenvalue weighted by Crippen LogP contribution is 2.38. The fourth-order valence-electron chi connectivity index (χ4n) is 2.71. The molecule has 2 heterocycles. The van der Waals surface area contributed by atoms with Gasteiger partial charge in [0.15, 0.2) is 0 Å². The van der Waals surface area contributed by atoms with Crippen molar-refractivity contribution >= 4 is 45.1 Å². The molecule has 0 fully saturated rings. The van der Waals surface area contributed by atoms with E-state index in [1.165, 1.54) is 0 Å². The second-order valence-electron chi connectivity index (χ2n) is 5.45. The van der Waals surface area contributed by atoms with Gasteiger partial charge in [-0.15, -0.1) is 0 Å². The molecule has 0 radical (unpaired) electrons. The van der Waals surface area contributed by atoms with Crippen LogP contribution in [0.4, 0.5) is 5.69 Å². The molecule has 1 N–H and O–H groups in total. The average molecular weight is 390 g/mol. The molecule has 0 bridgehead atoms. The van der Waals surface area contributed by atoms with Crippen LogP contribution in [0, 0.1) is 13.8 Å². The Labute approximate surface area is 147 Å². The summed E-state index contributed by atoms with van der Waals surface area (Å²) in [6, 6.07) is 5.34. The number of fused-ring (bicyclic) bond motifs is 1. The quantitative estimate of drug-likeness (QED) is 0.626. The molecule has 2 aromatic rings. The number of carbonyl (C=O) groups is 2. The van der Waals surface area contributed by atoms with Crippen LogP contribution in [-0.4, -0.2) is 18.5 Å². The van der Waals surface area contributed by atoms with Gasteiger partial charge in [-0.25, -0.2) is 4.79 Å². The number of hydrogen-bond donors (Lipinski definition) is 1. The molecule has 124 valence electrons. The molecule has 1 aromatic heterocycles. The molecule has 3 rings (SSSR count). The smallest absolute Gasteiger partial charge is 0.341 e. The largest absolute Gasteiger partial charge is 0.462 e. The van der Waals surface area contributed by atoms with Gasteiger partial charge < -0.3 is 14.5 Å². The van der Waals surface area contributed by atoms with E-state index in [-0.39, 0.29) is 5.91 Å². The molecule has 0 unspecified atom stereocenters. The molecule has 0 saturated heterocycles. The van der Waals surface area contributed by atoms with Crippen molar-refractivity contribution in [3.05, 3.63) is 50.9 Å². The summed E-state index contributed by atoms with van der Waals surface area (Å²) in [6.45, 7) is 5.67. The summed E-state index contributed by atoms with van der Waals surface area (Å²) < 4.78 is 11.5. The van der Waals surface area contributed by atoms with Crippen LogP contribution in [0.3, 0.4) is 0 Å². The van der Waals surface area contributed by atoms with Crippen LogP contribution in [0.5, 0.6) is 0 Å². The molecule has 0 saturated carbocycles. The number of carbonyl (C=O) groups excluding carboxylic acids is 2. The number of furan rings is 1. The van der Waals surface area contributed by atoms with Gasteiger partial charge in [-0.3, -0.25) is 4.79 Å². The number of amides is 1. The number of aryl methyl sites for hydroxylation is 1. The fourth-order valence-corrected chi connectivity index (χ4v) is 3.04. The first kappa shape index (κ1) is 16.5. The topological polar surface area (TPSA) is 68.5 Å². The molecule has 24 heavy (non-hydrogen) atoms. The monoisotopic (exact) mass is 389 g/mol. The van der Waals surface area contributed by atoms with Crippen molar-refractivity contribution in [3.8, 4) is 0 Å². The number of esters is 1. The normalized spacial score (nSPS) is 14.7. The number of nitrogens with one attached hydrogen (secondary N) is 1. The molecular weight excluding hydrogens is 374 g/mol. The average Bonchev–Trinajstić information content (AvgIpc) is 3.05.